The summed E-state index contributed by atoms with van der Waals surface area (Å²) in [6.07, 6.45) is 3.62. The van der Waals surface area contributed by atoms with Gasteiger partial charge in [-0.25, -0.2) is 4.99 Å². The van der Waals surface area contributed by atoms with Crippen LogP contribution >= 0.6 is 0 Å². The Hall–Kier alpha value is -2.44. The van der Waals surface area contributed by atoms with Crippen LogP contribution in [0.4, 0.5) is 0 Å². The number of nitrogens with zero attached hydrogens (tertiary/aromatic N) is 2. The highest BCUT2D eigenvalue weighted by molar-refractivity contribution is 5.80. The maximum atomic E-state index is 11.3. The minimum atomic E-state index is -0.229. The summed E-state index contributed by atoms with van der Waals surface area (Å²) in [4.78, 5) is 18.5. The lowest BCUT2D eigenvalue weighted by molar-refractivity contribution is -0.119. The molecule has 0 aliphatic carbocycles. The summed E-state index contributed by atoms with van der Waals surface area (Å²) in [5.74, 6) is 2.76. The van der Waals surface area contributed by atoms with Gasteiger partial charge < -0.3 is 25.4 Å². The van der Waals surface area contributed by atoms with Crippen molar-refractivity contribution in [2.75, 3.05) is 26.2 Å². The summed E-state index contributed by atoms with van der Waals surface area (Å²) in [7, 11) is 0. The first-order chi connectivity index (χ1) is 14.0. The Morgan fingerprint density at radius 2 is 2.24 bits per heavy atom. The molecule has 160 valence electrons. The van der Waals surface area contributed by atoms with Gasteiger partial charge in [0, 0.05) is 43.6 Å². The van der Waals surface area contributed by atoms with Gasteiger partial charge in [-0.3, -0.25) is 4.79 Å². The zero-order valence-electron chi connectivity index (χ0n) is 17.9. The van der Waals surface area contributed by atoms with Crippen molar-refractivity contribution >= 4 is 11.9 Å². The predicted octanol–water partition coefficient (Wildman–Crippen LogP) is 2.46. The maximum Gasteiger partial charge on any atom is 0.217 e. The molecule has 2 aliphatic rings. The molecule has 7 heteroatoms. The van der Waals surface area contributed by atoms with Crippen LogP contribution in [0.1, 0.15) is 51.2 Å². The van der Waals surface area contributed by atoms with Gasteiger partial charge in [-0.15, -0.1) is 0 Å². The van der Waals surface area contributed by atoms with Crippen molar-refractivity contribution in [3.63, 3.8) is 0 Å². The van der Waals surface area contributed by atoms with Crippen LogP contribution in [0.5, 0.6) is 11.5 Å². The molecule has 2 heterocycles. The van der Waals surface area contributed by atoms with Crippen LogP contribution in [0.3, 0.4) is 0 Å². The molecule has 2 aliphatic heterocycles. The largest absolute Gasteiger partial charge is 0.494 e. The first kappa shape index (κ1) is 21.3. The number of guanidine groups is 1. The molecule has 1 fully saturated rings. The summed E-state index contributed by atoms with van der Waals surface area (Å²) in [5.41, 5.74) is 7.64. The molecule has 1 aromatic rings. The van der Waals surface area contributed by atoms with Crippen molar-refractivity contribution in [1.29, 1.82) is 0 Å². The van der Waals surface area contributed by atoms with Crippen molar-refractivity contribution < 1.29 is 14.3 Å². The zero-order valence-corrected chi connectivity index (χ0v) is 17.9. The highest BCUT2D eigenvalue weighted by Crippen LogP contribution is 2.35. The number of ether oxygens (including phenoxy) is 2. The Kier molecular flexibility index (Phi) is 7.23. The lowest BCUT2D eigenvalue weighted by Gasteiger charge is -2.34. The Morgan fingerprint density at radius 1 is 1.41 bits per heavy atom. The molecule has 1 aromatic carbocycles. The van der Waals surface area contributed by atoms with Crippen LogP contribution in [-0.4, -0.2) is 49.1 Å². The summed E-state index contributed by atoms with van der Waals surface area (Å²) in [6.45, 7) is 9.81. The Bertz CT molecular complexity index is 750. The van der Waals surface area contributed by atoms with Crippen LogP contribution in [0.2, 0.25) is 0 Å². The highest BCUT2D eigenvalue weighted by Gasteiger charge is 2.24. The molecule has 3 N–H and O–H groups in total. The van der Waals surface area contributed by atoms with E-state index in [-0.39, 0.29) is 12.0 Å². The van der Waals surface area contributed by atoms with Crippen molar-refractivity contribution in [2.45, 2.75) is 59.1 Å². The fraction of sp³-hybridized carbons (Fsp3) is 0.636. The van der Waals surface area contributed by atoms with Gasteiger partial charge in [-0.1, -0.05) is 0 Å². The van der Waals surface area contributed by atoms with Gasteiger partial charge in [0.25, 0.3) is 0 Å². The quantitative estimate of drug-likeness (QED) is 0.540. The third-order valence-corrected chi connectivity index (χ3v) is 5.42. The lowest BCUT2D eigenvalue weighted by atomic mass is 9.95. The molecule has 0 aromatic heterocycles. The number of benzene rings is 1. The van der Waals surface area contributed by atoms with Crippen molar-refractivity contribution in [3.05, 3.63) is 23.3 Å². The predicted molar refractivity (Wildman–Crippen MR) is 114 cm³/mol. The van der Waals surface area contributed by atoms with E-state index in [1.165, 1.54) is 5.56 Å². The number of amides is 1. The first-order valence-electron chi connectivity index (χ1n) is 10.8. The van der Waals surface area contributed by atoms with E-state index in [9.17, 15) is 4.79 Å². The Labute approximate surface area is 173 Å². The number of aliphatic imine (C=N–C) groups is 1. The molecule has 1 saturated heterocycles. The Morgan fingerprint density at radius 3 is 2.97 bits per heavy atom. The number of piperidine rings is 1. The number of primary amides is 1. The summed E-state index contributed by atoms with van der Waals surface area (Å²) in [6, 6.07) is 4.17. The molecule has 2 unspecified atom stereocenters. The number of carbonyl (C=O) groups excluding carboxylic acids is 1. The average molecular weight is 403 g/mol. The standard InChI is InChI=1S/C22H34N4O3/c1-4-24-22(26-8-6-7-16(14-26)10-21(23)27)25-13-18-12-20-17(9-15(3)29-20)11-19(18)28-5-2/h11-12,15-16H,4-10,13-14H2,1-3H3,(H2,23,27)(H,24,25). The average Bonchev–Trinajstić information content (AvgIpc) is 3.03. The third kappa shape index (κ3) is 5.55. The molecule has 0 saturated carbocycles. The summed E-state index contributed by atoms with van der Waals surface area (Å²) < 4.78 is 11.8. The van der Waals surface area contributed by atoms with E-state index in [0.29, 0.717) is 25.5 Å². The van der Waals surface area contributed by atoms with Gasteiger partial charge >= 0.3 is 0 Å². The molecule has 0 spiro atoms. The van der Waals surface area contributed by atoms with E-state index in [0.717, 1.165) is 61.9 Å². The molecule has 1 amide bonds. The Balaban J connectivity index is 1.78. The fourth-order valence-corrected chi connectivity index (χ4v) is 4.19. The molecule has 7 nitrogen and oxygen atoms in total. The molecular formula is C22H34N4O3. The second-order valence-corrected chi connectivity index (χ2v) is 7.93. The van der Waals surface area contributed by atoms with Gasteiger partial charge in [0.1, 0.15) is 17.6 Å². The summed E-state index contributed by atoms with van der Waals surface area (Å²) >= 11 is 0. The van der Waals surface area contributed by atoms with Crippen molar-refractivity contribution in [3.8, 4) is 11.5 Å². The first-order valence-corrected chi connectivity index (χ1v) is 10.8. The van der Waals surface area contributed by atoms with Gasteiger partial charge in [-0.05, 0) is 51.7 Å². The van der Waals surface area contributed by atoms with Gasteiger partial charge in [0.05, 0.1) is 13.2 Å². The number of hydrogen-bond donors (Lipinski definition) is 2. The number of carbonyl (C=O) groups is 1. The minimum absolute atomic E-state index is 0.200. The molecule has 2 atom stereocenters. The van der Waals surface area contributed by atoms with Gasteiger partial charge in [0.2, 0.25) is 5.91 Å². The monoisotopic (exact) mass is 402 g/mol. The van der Waals surface area contributed by atoms with Crippen molar-refractivity contribution in [1.82, 2.24) is 10.2 Å². The molecule has 29 heavy (non-hydrogen) atoms. The highest BCUT2D eigenvalue weighted by atomic mass is 16.5. The van der Waals surface area contributed by atoms with Crippen LogP contribution in [0.25, 0.3) is 0 Å². The van der Waals surface area contributed by atoms with Crippen LogP contribution < -0.4 is 20.5 Å². The number of fused-ring (bicyclic) bond motifs is 1. The minimum Gasteiger partial charge on any atom is -0.494 e. The molecular weight excluding hydrogens is 368 g/mol. The smallest absolute Gasteiger partial charge is 0.217 e. The van der Waals surface area contributed by atoms with Gasteiger partial charge in [0.15, 0.2) is 5.96 Å². The van der Waals surface area contributed by atoms with Crippen LogP contribution in [0, 0.1) is 5.92 Å². The van der Waals surface area contributed by atoms with E-state index in [1.807, 2.05) is 6.92 Å². The SMILES string of the molecule is CCNC(=NCc1cc2c(cc1OCC)CC(C)O2)N1CCCC(CC(N)=O)C1. The molecule has 3 rings (SSSR count). The summed E-state index contributed by atoms with van der Waals surface area (Å²) in [5, 5.41) is 3.39. The normalized spacial score (nSPS) is 21.5. The number of hydrogen-bond acceptors (Lipinski definition) is 4. The zero-order chi connectivity index (χ0) is 20.8. The number of likely N-dealkylation sites (tertiary alicyclic amines) is 1. The fourth-order valence-electron chi connectivity index (χ4n) is 4.19. The number of nitrogens with one attached hydrogen (secondary N) is 1. The molecule has 0 bridgehead atoms. The number of rotatable bonds is 7. The van der Waals surface area contributed by atoms with Crippen LogP contribution in [0.15, 0.2) is 17.1 Å². The van der Waals surface area contributed by atoms with E-state index in [1.54, 1.807) is 0 Å². The maximum absolute atomic E-state index is 11.3. The van der Waals surface area contributed by atoms with E-state index < -0.39 is 0 Å². The molecule has 0 radical (unpaired) electrons. The lowest BCUT2D eigenvalue weighted by Crippen LogP contribution is -2.47. The van der Waals surface area contributed by atoms with E-state index >= 15 is 0 Å². The second kappa shape index (κ2) is 9.85. The van der Waals surface area contributed by atoms with E-state index in [2.05, 4.69) is 36.2 Å². The van der Waals surface area contributed by atoms with Crippen molar-refractivity contribution in [2.24, 2.45) is 16.6 Å². The number of nitrogens with two attached hydrogens (primary N) is 1. The van der Waals surface area contributed by atoms with Crippen LogP contribution in [-0.2, 0) is 17.8 Å². The second-order valence-electron chi connectivity index (χ2n) is 7.93. The van der Waals surface area contributed by atoms with Gasteiger partial charge in [-0.2, -0.15) is 0 Å². The topological polar surface area (TPSA) is 89.2 Å². The third-order valence-electron chi connectivity index (χ3n) is 5.42. The van der Waals surface area contributed by atoms with E-state index in [4.69, 9.17) is 20.2 Å².